The van der Waals surface area contributed by atoms with Gasteiger partial charge in [-0.25, -0.2) is 9.97 Å². The molecule has 1 N–H and O–H groups in total. The Morgan fingerprint density at radius 2 is 2.03 bits per heavy atom. The second-order valence-corrected chi connectivity index (χ2v) is 9.14. The zero-order valence-corrected chi connectivity index (χ0v) is 17.9. The lowest BCUT2D eigenvalue weighted by molar-refractivity contribution is -0.0650. The van der Waals surface area contributed by atoms with Crippen LogP contribution in [0.25, 0.3) is 0 Å². The Bertz CT molecular complexity index is 891. The van der Waals surface area contributed by atoms with Crippen molar-refractivity contribution >= 4 is 5.95 Å². The van der Waals surface area contributed by atoms with E-state index in [1.165, 1.54) is 5.56 Å². The minimum Gasteiger partial charge on any atom is -0.396 e. The van der Waals surface area contributed by atoms with Crippen LogP contribution < -0.4 is 4.90 Å². The third kappa shape index (κ3) is 3.49. The molecule has 5 rings (SSSR count). The van der Waals surface area contributed by atoms with E-state index in [2.05, 4.69) is 43.8 Å². The first-order valence-electron chi connectivity index (χ1n) is 11.1. The molecule has 0 aromatic carbocycles. The van der Waals surface area contributed by atoms with Gasteiger partial charge in [0, 0.05) is 62.7 Å². The van der Waals surface area contributed by atoms with Gasteiger partial charge in [-0.3, -0.25) is 9.88 Å². The molecule has 4 atom stereocenters. The van der Waals surface area contributed by atoms with Gasteiger partial charge in [-0.15, -0.1) is 0 Å². The summed E-state index contributed by atoms with van der Waals surface area (Å²) >= 11 is 0. The number of aliphatic hydroxyl groups excluding tert-OH is 1. The van der Waals surface area contributed by atoms with Crippen molar-refractivity contribution in [2.24, 2.45) is 11.8 Å². The SMILES string of the molecule is CCCc1cnc(N2C[C@H]3O[C@@]4(CN(Cc5cccc(C)n5)C[C@@H]4[C@@H]3CO)C2)nc1. The fourth-order valence-corrected chi connectivity index (χ4v) is 5.65. The van der Waals surface area contributed by atoms with Crippen LogP contribution >= 0.6 is 0 Å². The van der Waals surface area contributed by atoms with Gasteiger partial charge in [0.1, 0.15) is 5.60 Å². The number of rotatable bonds is 6. The molecule has 7 heteroatoms. The van der Waals surface area contributed by atoms with Crippen molar-refractivity contribution in [3.8, 4) is 0 Å². The number of aryl methyl sites for hydroxylation is 2. The van der Waals surface area contributed by atoms with Gasteiger partial charge in [-0.05, 0) is 31.0 Å². The molecule has 2 aromatic rings. The van der Waals surface area contributed by atoms with E-state index in [1.54, 1.807) is 0 Å². The van der Waals surface area contributed by atoms with E-state index in [9.17, 15) is 5.11 Å². The van der Waals surface area contributed by atoms with Crippen LogP contribution in [0.15, 0.2) is 30.6 Å². The van der Waals surface area contributed by atoms with Gasteiger partial charge in [-0.1, -0.05) is 19.4 Å². The summed E-state index contributed by atoms with van der Waals surface area (Å²) in [5.74, 6) is 1.25. The van der Waals surface area contributed by atoms with E-state index in [0.717, 1.165) is 62.9 Å². The molecule has 3 saturated heterocycles. The van der Waals surface area contributed by atoms with Crippen LogP contribution in [-0.2, 0) is 17.7 Å². The highest BCUT2D eigenvalue weighted by molar-refractivity contribution is 5.35. The van der Waals surface area contributed by atoms with Crippen LogP contribution in [0.4, 0.5) is 5.95 Å². The van der Waals surface area contributed by atoms with Gasteiger partial charge in [0.2, 0.25) is 5.95 Å². The number of ether oxygens (including phenoxy) is 1. The first-order chi connectivity index (χ1) is 14.6. The Balaban J connectivity index is 1.36. The Labute approximate surface area is 178 Å². The topological polar surface area (TPSA) is 74.6 Å². The lowest BCUT2D eigenvalue weighted by atomic mass is 9.83. The fraction of sp³-hybridized carbons (Fsp3) is 0.609. The number of anilines is 1. The first kappa shape index (κ1) is 19.8. The van der Waals surface area contributed by atoms with Crippen LogP contribution in [-0.4, -0.2) is 69.4 Å². The normalized spacial score (nSPS) is 30.6. The van der Waals surface area contributed by atoms with Gasteiger partial charge < -0.3 is 14.7 Å². The molecule has 3 aliphatic rings. The molecule has 1 spiro atoms. The maximum atomic E-state index is 10.2. The van der Waals surface area contributed by atoms with Crippen molar-refractivity contribution in [1.82, 2.24) is 19.9 Å². The van der Waals surface area contributed by atoms with Gasteiger partial charge in [-0.2, -0.15) is 0 Å². The third-order valence-electron chi connectivity index (χ3n) is 6.92. The molecular weight excluding hydrogens is 378 g/mol. The highest BCUT2D eigenvalue weighted by atomic mass is 16.5. The van der Waals surface area contributed by atoms with Crippen molar-refractivity contribution in [1.29, 1.82) is 0 Å². The van der Waals surface area contributed by atoms with Crippen LogP contribution in [0.5, 0.6) is 0 Å². The van der Waals surface area contributed by atoms with Gasteiger partial charge in [0.05, 0.1) is 18.3 Å². The Morgan fingerprint density at radius 1 is 1.20 bits per heavy atom. The summed E-state index contributed by atoms with van der Waals surface area (Å²) in [6.45, 7) is 8.48. The Kier molecular flexibility index (Phi) is 5.21. The van der Waals surface area contributed by atoms with Crippen LogP contribution in [0.3, 0.4) is 0 Å². The standard InChI is InChI=1S/C23H31N5O2/c1-3-5-17-8-24-22(25-9-17)28-12-21-19(13-29)20-11-27(14-23(20,15-28)30-21)10-18-7-4-6-16(2)26-18/h4,6-9,19-21,29H,3,5,10-15H2,1-2H3/t19-,20+,21+,23-/m0/s1. The predicted octanol–water partition coefficient (Wildman–Crippen LogP) is 1.83. The highest BCUT2D eigenvalue weighted by Crippen LogP contribution is 2.49. The summed E-state index contributed by atoms with van der Waals surface area (Å²) in [7, 11) is 0. The zero-order valence-electron chi connectivity index (χ0n) is 17.9. The van der Waals surface area contributed by atoms with Crippen LogP contribution in [0.2, 0.25) is 0 Å². The molecule has 0 saturated carbocycles. The monoisotopic (exact) mass is 409 g/mol. The number of morpholine rings is 1. The molecular formula is C23H31N5O2. The smallest absolute Gasteiger partial charge is 0.225 e. The molecule has 3 fully saturated rings. The van der Waals surface area contributed by atoms with E-state index in [-0.39, 0.29) is 24.2 Å². The summed E-state index contributed by atoms with van der Waals surface area (Å²) in [4.78, 5) is 18.7. The van der Waals surface area contributed by atoms with Crippen molar-refractivity contribution in [3.63, 3.8) is 0 Å². The molecule has 0 unspecified atom stereocenters. The quantitative estimate of drug-likeness (QED) is 0.780. The summed E-state index contributed by atoms with van der Waals surface area (Å²) in [6.07, 6.45) is 6.04. The maximum absolute atomic E-state index is 10.2. The van der Waals surface area contributed by atoms with Crippen LogP contribution in [0.1, 0.15) is 30.3 Å². The number of aromatic nitrogens is 3. The number of pyridine rings is 1. The Morgan fingerprint density at radius 3 is 2.77 bits per heavy atom. The summed E-state index contributed by atoms with van der Waals surface area (Å²) in [5.41, 5.74) is 3.04. The second-order valence-electron chi connectivity index (χ2n) is 9.14. The van der Waals surface area contributed by atoms with E-state index < -0.39 is 0 Å². The summed E-state index contributed by atoms with van der Waals surface area (Å²) in [6, 6.07) is 6.18. The van der Waals surface area contributed by atoms with Crippen molar-refractivity contribution in [2.45, 2.75) is 44.9 Å². The minimum absolute atomic E-state index is 0.0342. The predicted molar refractivity (Wildman–Crippen MR) is 114 cm³/mol. The fourth-order valence-electron chi connectivity index (χ4n) is 5.65. The van der Waals surface area contributed by atoms with Crippen molar-refractivity contribution < 1.29 is 9.84 Å². The number of hydrogen-bond donors (Lipinski definition) is 1. The van der Waals surface area contributed by atoms with E-state index in [4.69, 9.17) is 4.74 Å². The largest absolute Gasteiger partial charge is 0.396 e. The maximum Gasteiger partial charge on any atom is 0.225 e. The third-order valence-corrected chi connectivity index (χ3v) is 6.92. The zero-order chi connectivity index (χ0) is 20.7. The van der Waals surface area contributed by atoms with Gasteiger partial charge in [0.25, 0.3) is 0 Å². The number of likely N-dealkylation sites (tertiary alicyclic amines) is 1. The van der Waals surface area contributed by atoms with Crippen molar-refractivity contribution in [2.75, 3.05) is 37.7 Å². The van der Waals surface area contributed by atoms with E-state index in [1.807, 2.05) is 25.4 Å². The van der Waals surface area contributed by atoms with Crippen LogP contribution in [0, 0.1) is 18.8 Å². The van der Waals surface area contributed by atoms with Crippen molar-refractivity contribution in [3.05, 3.63) is 47.5 Å². The average molecular weight is 410 g/mol. The Hall–Kier alpha value is -2.09. The minimum atomic E-state index is -0.272. The molecule has 3 aliphatic heterocycles. The molecule has 2 aromatic heterocycles. The molecule has 0 amide bonds. The molecule has 5 heterocycles. The average Bonchev–Trinajstić information content (AvgIpc) is 3.15. The molecule has 2 bridgehead atoms. The lowest BCUT2D eigenvalue weighted by Crippen LogP contribution is -2.54. The lowest BCUT2D eigenvalue weighted by Gasteiger charge is -2.40. The van der Waals surface area contributed by atoms with Gasteiger partial charge >= 0.3 is 0 Å². The summed E-state index contributed by atoms with van der Waals surface area (Å²) in [5, 5.41) is 10.2. The van der Waals surface area contributed by atoms with Gasteiger partial charge in [0.15, 0.2) is 0 Å². The number of nitrogens with zero attached hydrogens (tertiary/aromatic N) is 5. The number of aliphatic hydroxyl groups is 1. The molecule has 30 heavy (non-hydrogen) atoms. The highest BCUT2D eigenvalue weighted by Gasteiger charge is 2.62. The number of hydrogen-bond acceptors (Lipinski definition) is 7. The molecule has 0 radical (unpaired) electrons. The molecule has 0 aliphatic carbocycles. The molecule has 7 nitrogen and oxygen atoms in total. The van der Waals surface area contributed by atoms with E-state index >= 15 is 0 Å². The first-order valence-corrected chi connectivity index (χ1v) is 11.1. The number of fused-ring (bicyclic) bond motifs is 1. The molecule has 160 valence electrons. The van der Waals surface area contributed by atoms with E-state index in [0.29, 0.717) is 5.92 Å². The summed E-state index contributed by atoms with van der Waals surface area (Å²) < 4.78 is 6.60. The second kappa shape index (κ2) is 7.87.